The number of aryl methyl sites for hydroxylation is 1. The van der Waals surface area contributed by atoms with Crippen LogP contribution in [0.15, 0.2) is 12.1 Å². The van der Waals surface area contributed by atoms with Gasteiger partial charge in [0, 0.05) is 11.1 Å². The smallest absolute Gasteiger partial charge is 0.397 e. The third-order valence-corrected chi connectivity index (χ3v) is 5.92. The molecule has 1 heterocycles. The van der Waals surface area contributed by atoms with Gasteiger partial charge in [-0.25, -0.2) is 0 Å². The van der Waals surface area contributed by atoms with Crippen LogP contribution in [0.3, 0.4) is 0 Å². The van der Waals surface area contributed by atoms with Gasteiger partial charge in [-0.3, -0.25) is 0 Å². The zero-order chi connectivity index (χ0) is 17.7. The Bertz CT molecular complexity index is 565. The molecule has 134 valence electrons. The predicted molar refractivity (Wildman–Crippen MR) is 99.6 cm³/mol. The quantitative estimate of drug-likeness (QED) is 0.624. The van der Waals surface area contributed by atoms with Crippen molar-refractivity contribution < 1.29 is 13.6 Å². The monoisotopic (exact) mass is 350 g/mol. The Kier molecular flexibility index (Phi) is 4.75. The van der Waals surface area contributed by atoms with E-state index in [-0.39, 0.29) is 10.8 Å². The van der Waals surface area contributed by atoms with E-state index in [1.807, 2.05) is 0 Å². The highest BCUT2D eigenvalue weighted by atomic mass is 31.2. The minimum Gasteiger partial charge on any atom is -0.426 e. The molecule has 2 atom stereocenters. The Morgan fingerprint density at radius 1 is 0.917 bits per heavy atom. The molecule has 2 aliphatic rings. The van der Waals surface area contributed by atoms with Gasteiger partial charge in [0.15, 0.2) is 0 Å². The van der Waals surface area contributed by atoms with E-state index in [1.165, 1.54) is 23.1 Å². The predicted octanol–water partition coefficient (Wildman–Crippen LogP) is 5.88. The molecule has 1 aliphatic heterocycles. The molecule has 1 saturated heterocycles. The largest absolute Gasteiger partial charge is 0.426 e. The van der Waals surface area contributed by atoms with Crippen molar-refractivity contribution in [3.05, 3.63) is 28.8 Å². The Balaban J connectivity index is 1.96. The molecule has 2 unspecified atom stereocenters. The average Bonchev–Trinajstić information content (AvgIpc) is 3.19. The van der Waals surface area contributed by atoms with E-state index in [9.17, 15) is 0 Å². The van der Waals surface area contributed by atoms with Crippen molar-refractivity contribution in [2.75, 3.05) is 13.2 Å². The average molecular weight is 350 g/mol. The van der Waals surface area contributed by atoms with Gasteiger partial charge in [-0.15, -0.1) is 0 Å². The van der Waals surface area contributed by atoms with Crippen molar-refractivity contribution in [1.29, 1.82) is 0 Å². The highest BCUT2D eigenvalue weighted by Crippen LogP contribution is 2.53. The molecule has 2 fully saturated rings. The first-order valence-corrected chi connectivity index (χ1v) is 10.0. The number of benzene rings is 1. The Labute approximate surface area is 148 Å². The van der Waals surface area contributed by atoms with Crippen LogP contribution in [-0.4, -0.2) is 13.2 Å². The Hall–Kier alpha value is -0.630. The van der Waals surface area contributed by atoms with Gasteiger partial charge in [0.2, 0.25) is 0 Å². The molecule has 3 nitrogen and oxygen atoms in total. The van der Waals surface area contributed by atoms with Crippen molar-refractivity contribution in [2.45, 2.75) is 65.7 Å². The van der Waals surface area contributed by atoms with Crippen LogP contribution in [0.4, 0.5) is 0 Å². The summed E-state index contributed by atoms with van der Waals surface area (Å²) in [5, 5.41) is 0. The summed E-state index contributed by atoms with van der Waals surface area (Å²) in [5.41, 5.74) is 3.75. The van der Waals surface area contributed by atoms with E-state index < -0.39 is 8.60 Å². The molecule has 4 heteroatoms. The lowest BCUT2D eigenvalue weighted by atomic mass is 9.78. The molecule has 0 spiro atoms. The minimum absolute atomic E-state index is 0.00464. The van der Waals surface area contributed by atoms with Gasteiger partial charge in [0.25, 0.3) is 0 Å². The summed E-state index contributed by atoms with van der Waals surface area (Å²) in [7, 11) is -1.31. The summed E-state index contributed by atoms with van der Waals surface area (Å²) < 4.78 is 18.3. The third-order valence-electron chi connectivity index (χ3n) is 4.87. The van der Waals surface area contributed by atoms with Crippen LogP contribution in [0.25, 0.3) is 0 Å². The van der Waals surface area contributed by atoms with Crippen LogP contribution in [0, 0.1) is 18.8 Å². The molecular weight excluding hydrogens is 319 g/mol. The van der Waals surface area contributed by atoms with Gasteiger partial charge in [-0.1, -0.05) is 59.2 Å². The highest BCUT2D eigenvalue weighted by molar-refractivity contribution is 7.42. The number of hydrogen-bond donors (Lipinski definition) is 0. The van der Waals surface area contributed by atoms with Crippen molar-refractivity contribution in [3.63, 3.8) is 0 Å². The lowest BCUT2D eigenvalue weighted by Crippen LogP contribution is -2.19. The Morgan fingerprint density at radius 2 is 1.38 bits per heavy atom. The first kappa shape index (κ1) is 18.2. The molecule has 0 amide bonds. The van der Waals surface area contributed by atoms with E-state index in [4.69, 9.17) is 13.6 Å². The number of fused-ring (bicyclic) bond motifs is 1. The number of rotatable bonds is 2. The van der Waals surface area contributed by atoms with E-state index in [1.54, 1.807) is 0 Å². The molecule has 0 radical (unpaired) electrons. The SMILES string of the molecule is Cc1cc(C(C)(C)C)c(OP2OCC3CC3CO2)c(C(C)(C)C)c1. The first-order valence-electron chi connectivity index (χ1n) is 8.95. The summed E-state index contributed by atoms with van der Waals surface area (Å²) in [5.74, 6) is 2.33. The van der Waals surface area contributed by atoms with Crippen molar-refractivity contribution in [1.82, 2.24) is 0 Å². The normalized spacial score (nSPS) is 27.4. The summed E-state index contributed by atoms with van der Waals surface area (Å²) in [6, 6.07) is 4.49. The van der Waals surface area contributed by atoms with Crippen molar-refractivity contribution in [3.8, 4) is 5.75 Å². The van der Waals surface area contributed by atoms with Gasteiger partial charge < -0.3 is 13.6 Å². The van der Waals surface area contributed by atoms with Gasteiger partial charge in [0.05, 0.1) is 13.2 Å². The zero-order valence-corrected chi connectivity index (χ0v) is 17.0. The standard InChI is InChI=1S/C20H31O3P/c1-13-8-16(19(2,3)4)18(17(9-13)20(5,6)7)23-24-21-11-14-10-15(14)12-22-24/h8-9,14-15H,10-12H2,1-7H3. The second kappa shape index (κ2) is 6.27. The van der Waals surface area contributed by atoms with Crippen LogP contribution in [0.2, 0.25) is 0 Å². The maximum Gasteiger partial charge on any atom is 0.397 e. The number of hydrogen-bond acceptors (Lipinski definition) is 3. The van der Waals surface area contributed by atoms with Gasteiger partial charge in [-0.05, 0) is 36.0 Å². The molecular formula is C20H31O3P. The Morgan fingerprint density at radius 3 is 1.79 bits per heavy atom. The fraction of sp³-hybridized carbons (Fsp3) is 0.700. The maximum absolute atomic E-state index is 6.39. The summed E-state index contributed by atoms with van der Waals surface area (Å²) in [6.45, 7) is 17.1. The molecule has 3 rings (SSSR count). The molecule has 0 bridgehead atoms. The second-order valence-corrected chi connectivity index (χ2v) is 10.5. The minimum atomic E-state index is -1.31. The molecule has 1 aromatic carbocycles. The van der Waals surface area contributed by atoms with Gasteiger partial charge in [-0.2, -0.15) is 0 Å². The second-order valence-electron chi connectivity index (χ2n) is 9.35. The molecule has 24 heavy (non-hydrogen) atoms. The van der Waals surface area contributed by atoms with Crippen LogP contribution in [-0.2, 0) is 19.9 Å². The van der Waals surface area contributed by atoms with Gasteiger partial charge >= 0.3 is 8.60 Å². The molecule has 0 aromatic heterocycles. The maximum atomic E-state index is 6.39. The van der Waals surface area contributed by atoms with Crippen LogP contribution in [0.5, 0.6) is 5.75 Å². The van der Waals surface area contributed by atoms with Crippen molar-refractivity contribution >= 4 is 8.60 Å². The van der Waals surface area contributed by atoms with Crippen LogP contribution < -0.4 is 4.52 Å². The summed E-state index contributed by atoms with van der Waals surface area (Å²) >= 11 is 0. The fourth-order valence-corrected chi connectivity index (χ4v) is 4.33. The molecule has 0 N–H and O–H groups in total. The van der Waals surface area contributed by atoms with Gasteiger partial charge in [0.1, 0.15) is 5.75 Å². The highest BCUT2D eigenvalue weighted by Gasteiger charge is 2.42. The van der Waals surface area contributed by atoms with Crippen molar-refractivity contribution in [2.24, 2.45) is 11.8 Å². The third kappa shape index (κ3) is 3.95. The summed E-state index contributed by atoms with van der Waals surface area (Å²) in [4.78, 5) is 0. The lowest BCUT2D eigenvalue weighted by Gasteiger charge is -2.31. The fourth-order valence-electron chi connectivity index (χ4n) is 3.18. The first-order chi connectivity index (χ1) is 11.1. The van der Waals surface area contributed by atoms with E-state index in [2.05, 4.69) is 60.6 Å². The van der Waals surface area contributed by atoms with E-state index in [0.717, 1.165) is 19.0 Å². The van der Waals surface area contributed by atoms with Crippen LogP contribution in [0.1, 0.15) is 64.7 Å². The molecule has 1 aromatic rings. The summed E-state index contributed by atoms with van der Waals surface area (Å²) in [6.07, 6.45) is 1.24. The zero-order valence-electron chi connectivity index (χ0n) is 16.1. The van der Waals surface area contributed by atoms with E-state index >= 15 is 0 Å². The van der Waals surface area contributed by atoms with Crippen LogP contribution >= 0.6 is 8.60 Å². The topological polar surface area (TPSA) is 27.7 Å². The lowest BCUT2D eigenvalue weighted by molar-refractivity contribution is 0.220. The molecule has 1 aliphatic carbocycles. The molecule has 1 saturated carbocycles. The van der Waals surface area contributed by atoms with E-state index in [0.29, 0.717) is 11.8 Å².